The van der Waals surface area contributed by atoms with Crippen LogP contribution < -0.4 is 5.56 Å². The lowest BCUT2D eigenvalue weighted by atomic mass is 9.87. The van der Waals surface area contributed by atoms with Gasteiger partial charge >= 0.3 is 6.09 Å². The van der Waals surface area contributed by atoms with E-state index in [0.29, 0.717) is 31.6 Å². The second-order valence-electron chi connectivity index (χ2n) is 9.94. The van der Waals surface area contributed by atoms with E-state index in [2.05, 4.69) is 19.9 Å². The molecule has 3 aromatic rings. The number of rotatable bonds is 3. The molecule has 1 aliphatic heterocycles. The van der Waals surface area contributed by atoms with E-state index in [9.17, 15) is 9.59 Å². The van der Waals surface area contributed by atoms with Crippen LogP contribution in [-0.2, 0) is 11.3 Å². The highest BCUT2D eigenvalue weighted by Gasteiger charge is 2.31. The number of nitrogens with zero attached hydrogens (tertiary/aromatic N) is 6. The van der Waals surface area contributed by atoms with E-state index in [4.69, 9.17) is 4.74 Å². The van der Waals surface area contributed by atoms with Gasteiger partial charge in [0.25, 0.3) is 5.56 Å². The highest BCUT2D eigenvalue weighted by atomic mass is 16.6. The van der Waals surface area contributed by atoms with E-state index in [-0.39, 0.29) is 24.1 Å². The maximum atomic E-state index is 13.9. The quantitative estimate of drug-likeness (QED) is 0.583. The number of amides is 1. The first-order chi connectivity index (χ1) is 16.0. The lowest BCUT2D eigenvalue weighted by molar-refractivity contribution is 0.0204. The maximum Gasteiger partial charge on any atom is 0.410 e. The number of hydrogen-bond donors (Lipinski definition) is 0. The standard InChI is InChI=1S/C25H32N6O3/c1-15-13-28-21-16(2)20(18-7-11-30(12-8-18)24(33)34-25(4,5)6)23(32)31(22(21)29-15)14-19-17(3)26-9-10-27-19/h9-10,13,18H,7-8,11-12,14H2,1-6H3. The fraction of sp³-hybridized carbons (Fsp3) is 0.520. The molecule has 1 amide bonds. The van der Waals surface area contributed by atoms with E-state index in [1.807, 2.05) is 41.5 Å². The summed E-state index contributed by atoms with van der Waals surface area (Å²) in [7, 11) is 0. The second kappa shape index (κ2) is 9.12. The van der Waals surface area contributed by atoms with Crippen molar-refractivity contribution >= 4 is 17.3 Å². The van der Waals surface area contributed by atoms with Crippen molar-refractivity contribution in [3.8, 4) is 0 Å². The largest absolute Gasteiger partial charge is 0.444 e. The molecule has 1 fully saturated rings. The summed E-state index contributed by atoms with van der Waals surface area (Å²) >= 11 is 0. The molecule has 0 aromatic carbocycles. The molecular formula is C25H32N6O3. The smallest absolute Gasteiger partial charge is 0.410 e. The van der Waals surface area contributed by atoms with Gasteiger partial charge in [-0.15, -0.1) is 0 Å². The molecule has 3 aromatic heterocycles. The first-order valence-corrected chi connectivity index (χ1v) is 11.7. The number of pyridine rings is 1. The van der Waals surface area contributed by atoms with E-state index >= 15 is 0 Å². The number of carbonyl (C=O) groups is 1. The Labute approximate surface area is 199 Å². The monoisotopic (exact) mass is 464 g/mol. The topological polar surface area (TPSA) is 103 Å². The number of fused-ring (bicyclic) bond motifs is 1. The third-order valence-corrected chi connectivity index (χ3v) is 6.21. The number of piperidine rings is 1. The molecule has 0 bridgehead atoms. The van der Waals surface area contributed by atoms with Gasteiger partial charge in [0.2, 0.25) is 0 Å². The molecule has 9 nitrogen and oxygen atoms in total. The Hall–Kier alpha value is -3.36. The molecule has 0 atom stereocenters. The third kappa shape index (κ3) is 4.78. The number of aromatic nitrogens is 5. The highest BCUT2D eigenvalue weighted by Crippen LogP contribution is 2.31. The number of ether oxygens (including phenoxy) is 1. The van der Waals surface area contributed by atoms with Crippen molar-refractivity contribution in [1.29, 1.82) is 0 Å². The Morgan fingerprint density at radius 3 is 2.41 bits per heavy atom. The third-order valence-electron chi connectivity index (χ3n) is 6.21. The van der Waals surface area contributed by atoms with Gasteiger partial charge in [0, 0.05) is 37.2 Å². The van der Waals surface area contributed by atoms with E-state index < -0.39 is 5.60 Å². The number of carbonyl (C=O) groups excluding carboxylic acids is 1. The molecule has 180 valence electrons. The van der Waals surface area contributed by atoms with Crippen molar-refractivity contribution < 1.29 is 9.53 Å². The average molecular weight is 465 g/mol. The zero-order valence-corrected chi connectivity index (χ0v) is 20.8. The molecule has 34 heavy (non-hydrogen) atoms. The van der Waals surface area contributed by atoms with Crippen molar-refractivity contribution in [2.75, 3.05) is 13.1 Å². The summed E-state index contributed by atoms with van der Waals surface area (Å²) in [6.45, 7) is 12.6. The van der Waals surface area contributed by atoms with Gasteiger partial charge in [-0.2, -0.15) is 0 Å². The summed E-state index contributed by atoms with van der Waals surface area (Å²) in [6, 6.07) is 0. The summed E-state index contributed by atoms with van der Waals surface area (Å²) < 4.78 is 7.20. The van der Waals surface area contributed by atoms with Crippen LogP contribution in [0.15, 0.2) is 23.4 Å². The van der Waals surface area contributed by atoms with Gasteiger partial charge in [0.15, 0.2) is 5.65 Å². The summed E-state index contributed by atoms with van der Waals surface area (Å²) in [5, 5.41) is 0. The fourth-order valence-corrected chi connectivity index (χ4v) is 4.49. The summed E-state index contributed by atoms with van der Waals surface area (Å²) in [6.07, 6.45) is 6.07. The van der Waals surface area contributed by atoms with Crippen LogP contribution in [0.5, 0.6) is 0 Å². The highest BCUT2D eigenvalue weighted by molar-refractivity contribution is 5.76. The van der Waals surface area contributed by atoms with Crippen molar-refractivity contribution in [3.63, 3.8) is 0 Å². The summed E-state index contributed by atoms with van der Waals surface area (Å²) in [4.78, 5) is 46.2. The molecule has 0 spiro atoms. The first kappa shape index (κ1) is 23.8. The zero-order chi connectivity index (χ0) is 24.6. The van der Waals surface area contributed by atoms with Crippen molar-refractivity contribution in [2.45, 2.75) is 72.4 Å². The molecular weight excluding hydrogens is 432 g/mol. The van der Waals surface area contributed by atoms with Crippen LogP contribution in [0.25, 0.3) is 11.2 Å². The Balaban J connectivity index is 1.72. The Morgan fingerprint density at radius 1 is 1.09 bits per heavy atom. The molecule has 9 heteroatoms. The average Bonchev–Trinajstić information content (AvgIpc) is 2.77. The molecule has 4 rings (SSSR count). The van der Waals surface area contributed by atoms with Crippen LogP contribution in [0.3, 0.4) is 0 Å². The minimum absolute atomic E-state index is 0.0212. The van der Waals surface area contributed by atoms with Gasteiger partial charge in [-0.05, 0) is 65.9 Å². The van der Waals surface area contributed by atoms with E-state index in [0.717, 1.165) is 33.7 Å². The van der Waals surface area contributed by atoms with Crippen LogP contribution in [0.2, 0.25) is 0 Å². The van der Waals surface area contributed by atoms with Crippen LogP contribution in [0, 0.1) is 20.8 Å². The fourth-order valence-electron chi connectivity index (χ4n) is 4.49. The molecule has 0 unspecified atom stereocenters. The Morgan fingerprint density at radius 2 is 1.76 bits per heavy atom. The Kier molecular flexibility index (Phi) is 6.38. The predicted molar refractivity (Wildman–Crippen MR) is 129 cm³/mol. The summed E-state index contributed by atoms with van der Waals surface area (Å²) in [5.74, 6) is 0.0212. The molecule has 1 aliphatic rings. The summed E-state index contributed by atoms with van der Waals surface area (Å²) in [5.41, 5.74) is 4.51. The number of likely N-dealkylation sites (tertiary alicyclic amines) is 1. The minimum atomic E-state index is -0.536. The molecule has 0 radical (unpaired) electrons. The molecule has 0 N–H and O–H groups in total. The SMILES string of the molecule is Cc1cnc2c(C)c(C3CCN(C(=O)OC(C)(C)C)CC3)c(=O)n(Cc3nccnc3C)c2n1. The second-order valence-corrected chi connectivity index (χ2v) is 9.94. The number of aryl methyl sites for hydroxylation is 3. The van der Waals surface area contributed by atoms with Gasteiger partial charge < -0.3 is 9.64 Å². The van der Waals surface area contributed by atoms with Gasteiger partial charge in [-0.25, -0.2) is 9.78 Å². The van der Waals surface area contributed by atoms with Crippen molar-refractivity contribution in [3.05, 3.63) is 57.2 Å². The molecule has 4 heterocycles. The molecule has 0 saturated carbocycles. The zero-order valence-electron chi connectivity index (χ0n) is 20.8. The van der Waals surface area contributed by atoms with Gasteiger partial charge in [-0.3, -0.25) is 24.3 Å². The van der Waals surface area contributed by atoms with Crippen LogP contribution in [-0.4, -0.2) is 54.2 Å². The van der Waals surface area contributed by atoms with Crippen molar-refractivity contribution in [2.24, 2.45) is 0 Å². The first-order valence-electron chi connectivity index (χ1n) is 11.7. The normalized spacial score (nSPS) is 15.1. The van der Waals surface area contributed by atoms with Gasteiger partial charge in [0.05, 0.1) is 23.6 Å². The maximum absolute atomic E-state index is 13.9. The van der Waals surface area contributed by atoms with Crippen LogP contribution in [0.1, 0.15) is 67.7 Å². The van der Waals surface area contributed by atoms with Crippen LogP contribution >= 0.6 is 0 Å². The number of hydrogen-bond acceptors (Lipinski definition) is 7. The molecule has 1 saturated heterocycles. The van der Waals surface area contributed by atoms with E-state index in [1.165, 1.54) is 0 Å². The lowest BCUT2D eigenvalue weighted by Gasteiger charge is -2.34. The van der Waals surface area contributed by atoms with Crippen LogP contribution in [0.4, 0.5) is 4.79 Å². The minimum Gasteiger partial charge on any atom is -0.444 e. The van der Waals surface area contributed by atoms with Crippen molar-refractivity contribution in [1.82, 2.24) is 29.4 Å². The van der Waals surface area contributed by atoms with Gasteiger partial charge in [-0.1, -0.05) is 0 Å². The van der Waals surface area contributed by atoms with Gasteiger partial charge in [0.1, 0.15) is 11.1 Å². The Bertz CT molecular complexity index is 1290. The predicted octanol–water partition coefficient (Wildman–Crippen LogP) is 3.67. The lowest BCUT2D eigenvalue weighted by Crippen LogP contribution is -2.42. The van der Waals surface area contributed by atoms with E-state index in [1.54, 1.807) is 28.1 Å². The molecule has 0 aliphatic carbocycles.